The van der Waals surface area contributed by atoms with Crippen LogP contribution in [-0.4, -0.2) is 36.1 Å². The molecule has 0 atom stereocenters. The number of benzene rings is 1. The fourth-order valence-electron chi connectivity index (χ4n) is 3.12. The summed E-state index contributed by atoms with van der Waals surface area (Å²) in [6, 6.07) is 9.47. The predicted molar refractivity (Wildman–Crippen MR) is 101 cm³/mol. The lowest BCUT2D eigenvalue weighted by atomic mass is 10.1. The van der Waals surface area contributed by atoms with Crippen LogP contribution in [0.1, 0.15) is 36.2 Å². The first-order chi connectivity index (χ1) is 12.6. The maximum absolute atomic E-state index is 12.2. The summed E-state index contributed by atoms with van der Waals surface area (Å²) in [6.07, 6.45) is 3.99. The van der Waals surface area contributed by atoms with E-state index >= 15 is 0 Å². The number of hydrogen-bond acceptors (Lipinski definition) is 5. The first-order valence-electron chi connectivity index (χ1n) is 9.13. The number of rotatable bonds is 6. The summed E-state index contributed by atoms with van der Waals surface area (Å²) in [5.74, 6) is 1.55. The third kappa shape index (κ3) is 4.94. The Kier molecular flexibility index (Phi) is 6.04. The number of piperidine rings is 1. The smallest absolute Gasteiger partial charge is 0.225 e. The van der Waals surface area contributed by atoms with Gasteiger partial charge in [0.15, 0.2) is 0 Å². The first kappa shape index (κ1) is 18.2. The summed E-state index contributed by atoms with van der Waals surface area (Å²) in [5, 5.41) is 2.95. The average Bonchev–Trinajstić information content (AvgIpc) is 2.67. The molecule has 0 unspecified atom stereocenters. The van der Waals surface area contributed by atoms with Crippen LogP contribution in [0.3, 0.4) is 0 Å². The van der Waals surface area contributed by atoms with Crippen LogP contribution in [-0.2, 0) is 17.8 Å². The normalized spacial score (nSPS) is 14.2. The zero-order chi connectivity index (χ0) is 18.4. The molecule has 0 spiro atoms. The molecule has 1 aliphatic rings. The fraction of sp³-hybridized carbons (Fsp3) is 0.450. The van der Waals surface area contributed by atoms with Gasteiger partial charge in [-0.3, -0.25) is 4.79 Å². The van der Waals surface area contributed by atoms with Crippen molar-refractivity contribution < 1.29 is 9.53 Å². The second-order valence-electron chi connectivity index (χ2n) is 6.65. The van der Waals surface area contributed by atoms with Crippen LogP contribution < -0.4 is 15.0 Å². The number of ether oxygens (including phenoxy) is 1. The van der Waals surface area contributed by atoms with Gasteiger partial charge in [0.25, 0.3) is 0 Å². The second kappa shape index (κ2) is 8.65. The Morgan fingerprint density at radius 1 is 1.15 bits per heavy atom. The summed E-state index contributed by atoms with van der Waals surface area (Å²) in [4.78, 5) is 23.7. The number of anilines is 1. The van der Waals surface area contributed by atoms with Crippen molar-refractivity contribution in [3.63, 3.8) is 0 Å². The highest BCUT2D eigenvalue weighted by Crippen LogP contribution is 2.17. The largest absolute Gasteiger partial charge is 0.497 e. The molecule has 1 saturated heterocycles. The van der Waals surface area contributed by atoms with E-state index in [1.54, 1.807) is 7.11 Å². The molecule has 1 N–H and O–H groups in total. The quantitative estimate of drug-likeness (QED) is 0.864. The van der Waals surface area contributed by atoms with Crippen LogP contribution >= 0.6 is 0 Å². The van der Waals surface area contributed by atoms with Gasteiger partial charge < -0.3 is 15.0 Å². The molecule has 0 saturated carbocycles. The molecule has 6 nitrogen and oxygen atoms in total. The van der Waals surface area contributed by atoms with Gasteiger partial charge in [0.2, 0.25) is 11.9 Å². The summed E-state index contributed by atoms with van der Waals surface area (Å²) in [7, 11) is 1.63. The van der Waals surface area contributed by atoms with Crippen LogP contribution in [0.5, 0.6) is 5.75 Å². The van der Waals surface area contributed by atoms with Crippen molar-refractivity contribution in [1.82, 2.24) is 15.3 Å². The van der Waals surface area contributed by atoms with E-state index in [-0.39, 0.29) is 5.91 Å². The standard InChI is InChI=1S/C20H26N4O2/c1-15-12-17(23-20(22-15)24-10-4-3-5-11-24)14-21-19(25)13-16-6-8-18(26-2)9-7-16/h6-9,12H,3-5,10-11,13-14H2,1-2H3,(H,21,25). The molecule has 0 bridgehead atoms. The van der Waals surface area contributed by atoms with Crippen LogP contribution in [0.2, 0.25) is 0 Å². The molecule has 0 aliphatic carbocycles. The molecule has 1 fully saturated rings. The van der Waals surface area contributed by atoms with Crippen molar-refractivity contribution in [2.75, 3.05) is 25.1 Å². The topological polar surface area (TPSA) is 67.3 Å². The number of methoxy groups -OCH3 is 1. The lowest BCUT2D eigenvalue weighted by molar-refractivity contribution is -0.120. The molecule has 1 amide bonds. The highest BCUT2D eigenvalue weighted by Gasteiger charge is 2.15. The monoisotopic (exact) mass is 354 g/mol. The molecule has 0 radical (unpaired) electrons. The van der Waals surface area contributed by atoms with Crippen LogP contribution in [0.15, 0.2) is 30.3 Å². The number of aromatic nitrogens is 2. The van der Waals surface area contributed by atoms with Crippen LogP contribution in [0.25, 0.3) is 0 Å². The van der Waals surface area contributed by atoms with E-state index in [1.807, 2.05) is 37.3 Å². The van der Waals surface area contributed by atoms with Gasteiger partial charge >= 0.3 is 0 Å². The molecule has 6 heteroatoms. The third-order valence-electron chi connectivity index (χ3n) is 4.52. The predicted octanol–water partition coefficient (Wildman–Crippen LogP) is 2.64. The molecular weight excluding hydrogens is 328 g/mol. The van der Waals surface area contributed by atoms with Crippen molar-refractivity contribution in [3.05, 3.63) is 47.3 Å². The molecular formula is C20H26N4O2. The van der Waals surface area contributed by atoms with Gasteiger partial charge in [0, 0.05) is 18.8 Å². The molecule has 26 heavy (non-hydrogen) atoms. The van der Waals surface area contributed by atoms with Crippen molar-refractivity contribution >= 4 is 11.9 Å². The molecule has 1 aromatic carbocycles. The van der Waals surface area contributed by atoms with E-state index in [9.17, 15) is 4.79 Å². The van der Waals surface area contributed by atoms with Crippen LogP contribution in [0, 0.1) is 6.92 Å². The van der Waals surface area contributed by atoms with Crippen molar-refractivity contribution in [2.24, 2.45) is 0 Å². The Hall–Kier alpha value is -2.63. The van der Waals surface area contributed by atoms with E-state index < -0.39 is 0 Å². The lowest BCUT2D eigenvalue weighted by Crippen LogP contribution is -2.32. The summed E-state index contributed by atoms with van der Waals surface area (Å²) >= 11 is 0. The maximum Gasteiger partial charge on any atom is 0.225 e. The van der Waals surface area contributed by atoms with Crippen molar-refractivity contribution in [2.45, 2.75) is 39.2 Å². The van der Waals surface area contributed by atoms with Gasteiger partial charge in [-0.15, -0.1) is 0 Å². The minimum atomic E-state index is -0.0223. The van der Waals surface area contributed by atoms with Gasteiger partial charge in [-0.1, -0.05) is 12.1 Å². The minimum Gasteiger partial charge on any atom is -0.497 e. The van der Waals surface area contributed by atoms with E-state index in [0.29, 0.717) is 13.0 Å². The van der Waals surface area contributed by atoms with Gasteiger partial charge in [-0.2, -0.15) is 0 Å². The molecule has 1 aromatic heterocycles. The lowest BCUT2D eigenvalue weighted by Gasteiger charge is -2.27. The zero-order valence-electron chi connectivity index (χ0n) is 15.5. The fourth-order valence-corrected chi connectivity index (χ4v) is 3.12. The Bertz CT molecular complexity index is 740. The highest BCUT2D eigenvalue weighted by molar-refractivity contribution is 5.78. The van der Waals surface area contributed by atoms with E-state index in [4.69, 9.17) is 4.74 Å². The highest BCUT2D eigenvalue weighted by atomic mass is 16.5. The van der Waals surface area contributed by atoms with Crippen molar-refractivity contribution in [3.8, 4) is 5.75 Å². The number of nitrogens with one attached hydrogen (secondary N) is 1. The minimum absolute atomic E-state index is 0.0223. The number of carbonyl (C=O) groups excluding carboxylic acids is 1. The molecule has 2 aromatic rings. The first-order valence-corrected chi connectivity index (χ1v) is 9.13. The summed E-state index contributed by atoms with van der Waals surface area (Å²) in [6.45, 7) is 4.40. The molecule has 138 valence electrons. The number of nitrogens with zero attached hydrogens (tertiary/aromatic N) is 3. The SMILES string of the molecule is COc1ccc(CC(=O)NCc2cc(C)nc(N3CCCCC3)n2)cc1. The summed E-state index contributed by atoms with van der Waals surface area (Å²) in [5.41, 5.74) is 2.73. The number of hydrogen-bond donors (Lipinski definition) is 1. The Labute approximate surface area is 154 Å². The second-order valence-corrected chi connectivity index (χ2v) is 6.65. The van der Waals surface area contributed by atoms with Gasteiger partial charge in [0.1, 0.15) is 5.75 Å². The van der Waals surface area contributed by atoms with Gasteiger partial charge in [0.05, 0.1) is 25.8 Å². The number of amides is 1. The van der Waals surface area contributed by atoms with Gasteiger partial charge in [-0.05, 0) is 49.9 Å². The third-order valence-corrected chi connectivity index (χ3v) is 4.52. The zero-order valence-corrected chi connectivity index (χ0v) is 15.5. The van der Waals surface area contributed by atoms with E-state index in [1.165, 1.54) is 19.3 Å². The van der Waals surface area contributed by atoms with Crippen molar-refractivity contribution in [1.29, 1.82) is 0 Å². The average molecular weight is 354 g/mol. The van der Waals surface area contributed by atoms with E-state index in [2.05, 4.69) is 20.2 Å². The molecule has 3 rings (SSSR count). The number of carbonyl (C=O) groups is 1. The summed E-state index contributed by atoms with van der Waals surface area (Å²) < 4.78 is 5.13. The van der Waals surface area contributed by atoms with Gasteiger partial charge in [-0.25, -0.2) is 9.97 Å². The molecule has 2 heterocycles. The van der Waals surface area contributed by atoms with E-state index in [0.717, 1.165) is 41.7 Å². The Morgan fingerprint density at radius 2 is 1.88 bits per heavy atom. The maximum atomic E-state index is 12.2. The van der Waals surface area contributed by atoms with Crippen LogP contribution in [0.4, 0.5) is 5.95 Å². The Morgan fingerprint density at radius 3 is 2.58 bits per heavy atom. The number of aryl methyl sites for hydroxylation is 1. The molecule has 1 aliphatic heterocycles. The Balaban J connectivity index is 1.57.